The van der Waals surface area contributed by atoms with E-state index >= 15 is 0 Å². The molecule has 0 amide bonds. The largest absolute Gasteiger partial charge is 0.355 e. The summed E-state index contributed by atoms with van der Waals surface area (Å²) in [5.41, 5.74) is 4.13. The monoisotopic (exact) mass is 430 g/mol. The van der Waals surface area contributed by atoms with E-state index in [-0.39, 0.29) is 0 Å². The van der Waals surface area contributed by atoms with Crippen molar-refractivity contribution >= 4 is 28.2 Å². The predicted molar refractivity (Wildman–Crippen MR) is 128 cm³/mol. The van der Waals surface area contributed by atoms with Crippen LogP contribution in [-0.2, 0) is 0 Å². The predicted octanol–water partition coefficient (Wildman–Crippen LogP) is 5.59. The van der Waals surface area contributed by atoms with E-state index in [1.807, 2.05) is 24.3 Å². The van der Waals surface area contributed by atoms with Gasteiger partial charge in [0.25, 0.3) is 0 Å². The number of aromatic nitrogens is 1. The summed E-state index contributed by atoms with van der Waals surface area (Å²) in [6, 6.07) is 19.3. The number of halogens is 1. The second kappa shape index (κ2) is 7.85. The lowest BCUT2D eigenvalue weighted by Crippen LogP contribution is -2.49. The fraction of sp³-hybridized carbons (Fsp3) is 0.346. The summed E-state index contributed by atoms with van der Waals surface area (Å²) in [4.78, 5) is 12.2. The average Bonchev–Trinajstić information content (AvgIpc) is 3.20. The lowest BCUT2D eigenvalue weighted by atomic mass is 9.79. The molecule has 0 spiro atoms. The molecule has 3 aliphatic rings. The minimum atomic E-state index is 0.662. The van der Waals surface area contributed by atoms with E-state index in [1.54, 1.807) is 0 Å². The van der Waals surface area contributed by atoms with Crippen LogP contribution in [0.15, 0.2) is 67.0 Å². The average molecular weight is 431 g/mol. The molecule has 3 heterocycles. The molecule has 1 saturated carbocycles. The lowest BCUT2D eigenvalue weighted by Gasteiger charge is -2.45. The molecule has 1 aliphatic carbocycles. The standard InChI is InChI=1S/C26H27ClN4/c27-23-15-21-7-8-24(20-5-2-1-3-6-20)28-25(21)16-26(23)31-12-11-30(18-31)22-13-19(14-22)17-29-9-4-10-29/h1-3,5-8,11-12,15-16,19,22H,4,9-10,13-14,17-18H2. The minimum Gasteiger partial charge on any atom is -0.355 e. The molecule has 0 radical (unpaired) electrons. The van der Waals surface area contributed by atoms with E-state index in [4.69, 9.17) is 16.6 Å². The molecule has 158 valence electrons. The molecule has 2 fully saturated rings. The Labute approximate surface area is 188 Å². The van der Waals surface area contributed by atoms with Crippen molar-refractivity contribution in [1.29, 1.82) is 0 Å². The summed E-state index contributed by atoms with van der Waals surface area (Å²) in [6.07, 6.45) is 8.40. The first-order valence-electron chi connectivity index (χ1n) is 11.3. The zero-order valence-electron chi connectivity index (χ0n) is 17.6. The van der Waals surface area contributed by atoms with Gasteiger partial charge in [0.15, 0.2) is 0 Å². The third-order valence-corrected chi connectivity index (χ3v) is 7.34. The Kier molecular flexibility index (Phi) is 4.85. The van der Waals surface area contributed by atoms with Gasteiger partial charge < -0.3 is 14.7 Å². The van der Waals surface area contributed by atoms with Crippen LogP contribution in [0.2, 0.25) is 5.02 Å². The van der Waals surface area contributed by atoms with Crippen LogP contribution < -0.4 is 4.90 Å². The summed E-state index contributed by atoms with van der Waals surface area (Å²) < 4.78 is 0. The van der Waals surface area contributed by atoms with Crippen molar-refractivity contribution < 1.29 is 0 Å². The van der Waals surface area contributed by atoms with Crippen molar-refractivity contribution in [3.8, 4) is 11.3 Å². The van der Waals surface area contributed by atoms with Gasteiger partial charge in [-0.3, -0.25) is 0 Å². The molecule has 6 rings (SSSR count). The molecule has 31 heavy (non-hydrogen) atoms. The first-order chi connectivity index (χ1) is 15.2. The number of hydrogen-bond acceptors (Lipinski definition) is 4. The number of fused-ring (bicyclic) bond motifs is 1. The highest BCUT2D eigenvalue weighted by molar-refractivity contribution is 6.34. The third kappa shape index (κ3) is 3.68. The molecule has 0 bridgehead atoms. The highest BCUT2D eigenvalue weighted by Crippen LogP contribution is 2.38. The Morgan fingerprint density at radius 2 is 1.81 bits per heavy atom. The van der Waals surface area contributed by atoms with Crippen LogP contribution in [0.3, 0.4) is 0 Å². The minimum absolute atomic E-state index is 0.662. The van der Waals surface area contributed by atoms with Gasteiger partial charge in [0.05, 0.1) is 28.6 Å². The lowest BCUT2D eigenvalue weighted by molar-refractivity contribution is 0.0665. The number of likely N-dealkylation sites (tertiary alicyclic amines) is 1. The summed E-state index contributed by atoms with van der Waals surface area (Å²) >= 11 is 6.69. The van der Waals surface area contributed by atoms with Crippen molar-refractivity contribution in [3.63, 3.8) is 0 Å². The first kappa shape index (κ1) is 19.1. The molecule has 0 unspecified atom stereocenters. The second-order valence-corrected chi connectivity index (χ2v) is 9.54. The van der Waals surface area contributed by atoms with Gasteiger partial charge in [0.1, 0.15) is 0 Å². The molecule has 2 aliphatic heterocycles. The van der Waals surface area contributed by atoms with Crippen LogP contribution >= 0.6 is 11.6 Å². The topological polar surface area (TPSA) is 22.6 Å². The van der Waals surface area contributed by atoms with E-state index in [0.717, 1.165) is 45.5 Å². The zero-order chi connectivity index (χ0) is 20.8. The summed E-state index contributed by atoms with van der Waals surface area (Å²) in [5.74, 6) is 0.873. The number of pyridine rings is 1. The molecule has 0 atom stereocenters. The number of benzene rings is 2. The summed E-state index contributed by atoms with van der Waals surface area (Å²) in [5, 5.41) is 1.85. The van der Waals surface area contributed by atoms with Crippen LogP contribution in [0.25, 0.3) is 22.2 Å². The highest BCUT2D eigenvalue weighted by atomic mass is 35.5. The van der Waals surface area contributed by atoms with Crippen LogP contribution in [-0.4, -0.2) is 47.1 Å². The second-order valence-electron chi connectivity index (χ2n) is 9.13. The molecular formula is C26H27ClN4. The van der Waals surface area contributed by atoms with Crippen molar-refractivity contribution in [3.05, 3.63) is 72.0 Å². The van der Waals surface area contributed by atoms with Crippen molar-refractivity contribution in [1.82, 2.24) is 14.8 Å². The molecule has 1 saturated heterocycles. The fourth-order valence-corrected chi connectivity index (χ4v) is 5.28. The molecule has 1 aromatic heterocycles. The smallest absolute Gasteiger partial charge is 0.0945 e. The molecule has 4 nitrogen and oxygen atoms in total. The number of rotatable bonds is 5. The number of hydrogen-bond donors (Lipinski definition) is 0. The van der Waals surface area contributed by atoms with Gasteiger partial charge in [-0.05, 0) is 56.5 Å². The quantitative estimate of drug-likeness (QED) is 0.526. The van der Waals surface area contributed by atoms with Crippen LogP contribution in [0, 0.1) is 5.92 Å². The Morgan fingerprint density at radius 3 is 2.58 bits per heavy atom. The SMILES string of the molecule is Clc1cc2ccc(-c3ccccc3)nc2cc1N1C=CN(C2CC(CN3CCC3)C2)C1. The molecule has 5 heteroatoms. The van der Waals surface area contributed by atoms with Gasteiger partial charge in [-0.25, -0.2) is 4.98 Å². The van der Waals surface area contributed by atoms with E-state index in [2.05, 4.69) is 57.4 Å². The number of anilines is 1. The summed E-state index contributed by atoms with van der Waals surface area (Å²) in [7, 11) is 0. The van der Waals surface area contributed by atoms with Crippen LogP contribution in [0.1, 0.15) is 19.3 Å². The maximum atomic E-state index is 6.69. The maximum Gasteiger partial charge on any atom is 0.0945 e. The van der Waals surface area contributed by atoms with E-state index in [0.29, 0.717) is 6.04 Å². The Balaban J connectivity index is 1.18. The fourth-order valence-electron chi connectivity index (χ4n) is 5.00. The zero-order valence-corrected chi connectivity index (χ0v) is 18.4. The van der Waals surface area contributed by atoms with E-state index in [1.165, 1.54) is 38.9 Å². The summed E-state index contributed by atoms with van der Waals surface area (Å²) in [6.45, 7) is 4.77. The Morgan fingerprint density at radius 1 is 0.968 bits per heavy atom. The molecular weight excluding hydrogens is 404 g/mol. The normalized spacial score (nSPS) is 23.3. The molecule has 3 aromatic rings. The van der Waals surface area contributed by atoms with Crippen LogP contribution in [0.5, 0.6) is 0 Å². The van der Waals surface area contributed by atoms with Gasteiger partial charge in [-0.15, -0.1) is 0 Å². The van der Waals surface area contributed by atoms with Crippen molar-refractivity contribution in [2.24, 2.45) is 5.92 Å². The van der Waals surface area contributed by atoms with E-state index in [9.17, 15) is 0 Å². The van der Waals surface area contributed by atoms with Gasteiger partial charge in [0, 0.05) is 35.9 Å². The Bertz CT molecular complexity index is 1120. The van der Waals surface area contributed by atoms with Gasteiger partial charge in [0.2, 0.25) is 0 Å². The Hall–Kier alpha value is -2.56. The highest BCUT2D eigenvalue weighted by Gasteiger charge is 2.36. The first-order valence-corrected chi connectivity index (χ1v) is 11.7. The number of nitrogens with zero attached hydrogens (tertiary/aromatic N) is 4. The van der Waals surface area contributed by atoms with Crippen molar-refractivity contribution in [2.75, 3.05) is 31.2 Å². The van der Waals surface area contributed by atoms with Gasteiger partial charge in [-0.2, -0.15) is 0 Å². The van der Waals surface area contributed by atoms with Gasteiger partial charge in [-0.1, -0.05) is 48.0 Å². The van der Waals surface area contributed by atoms with E-state index < -0.39 is 0 Å². The maximum absolute atomic E-state index is 6.69. The molecule has 2 aromatic carbocycles. The van der Waals surface area contributed by atoms with Gasteiger partial charge >= 0.3 is 0 Å². The third-order valence-electron chi connectivity index (χ3n) is 7.04. The molecule has 0 N–H and O–H groups in total. The van der Waals surface area contributed by atoms with Crippen LogP contribution in [0.4, 0.5) is 5.69 Å². The van der Waals surface area contributed by atoms with Crippen molar-refractivity contribution in [2.45, 2.75) is 25.3 Å².